The van der Waals surface area contributed by atoms with Crippen LogP contribution >= 0.6 is 11.3 Å². The van der Waals surface area contributed by atoms with E-state index in [4.69, 9.17) is 0 Å². The van der Waals surface area contributed by atoms with Crippen LogP contribution in [0, 0.1) is 0 Å². The van der Waals surface area contributed by atoms with E-state index in [1.54, 1.807) is 11.3 Å². The van der Waals surface area contributed by atoms with Crippen molar-refractivity contribution in [3.05, 3.63) is 22.4 Å². The van der Waals surface area contributed by atoms with Gasteiger partial charge in [0.05, 0.1) is 0 Å². The normalized spacial score (nSPS) is 17.1. The van der Waals surface area contributed by atoms with Crippen molar-refractivity contribution in [2.75, 3.05) is 6.54 Å². The lowest BCUT2D eigenvalue weighted by molar-refractivity contribution is 0.235. The van der Waals surface area contributed by atoms with Crippen LogP contribution in [0.5, 0.6) is 0 Å². The number of hydrogen-bond donors (Lipinski definition) is 2. The Kier molecular flexibility index (Phi) is 5.52. The van der Waals surface area contributed by atoms with Crippen LogP contribution in [-0.2, 0) is 6.42 Å². The van der Waals surface area contributed by atoms with Crippen molar-refractivity contribution in [2.24, 2.45) is 0 Å². The molecule has 3 nitrogen and oxygen atoms in total. The van der Waals surface area contributed by atoms with E-state index in [-0.39, 0.29) is 6.03 Å². The van der Waals surface area contributed by atoms with E-state index in [1.165, 1.54) is 30.6 Å². The average molecular weight is 266 g/mol. The van der Waals surface area contributed by atoms with Gasteiger partial charge in [0.15, 0.2) is 0 Å². The lowest BCUT2D eigenvalue weighted by Gasteiger charge is -2.16. The van der Waals surface area contributed by atoms with Crippen molar-refractivity contribution in [3.63, 3.8) is 0 Å². The summed E-state index contributed by atoms with van der Waals surface area (Å²) in [7, 11) is 0. The lowest BCUT2D eigenvalue weighted by Crippen LogP contribution is -2.42. The van der Waals surface area contributed by atoms with Crippen LogP contribution in [0.2, 0.25) is 0 Å². The number of amides is 2. The highest BCUT2D eigenvalue weighted by Crippen LogP contribution is 2.17. The Morgan fingerprint density at radius 1 is 1.28 bits per heavy atom. The van der Waals surface area contributed by atoms with Gasteiger partial charge < -0.3 is 10.6 Å². The second kappa shape index (κ2) is 7.41. The smallest absolute Gasteiger partial charge is 0.315 e. The van der Waals surface area contributed by atoms with Crippen LogP contribution in [0.25, 0.3) is 0 Å². The molecule has 0 radical (unpaired) electrons. The van der Waals surface area contributed by atoms with Gasteiger partial charge in [-0.1, -0.05) is 31.7 Å². The first-order valence-corrected chi connectivity index (χ1v) is 7.79. The molecule has 1 aliphatic carbocycles. The Bertz CT molecular complexity index is 343. The van der Waals surface area contributed by atoms with Crippen molar-refractivity contribution < 1.29 is 4.79 Å². The molecule has 1 aliphatic rings. The second-order valence-electron chi connectivity index (χ2n) is 4.92. The Morgan fingerprint density at radius 2 is 2.06 bits per heavy atom. The first-order chi connectivity index (χ1) is 8.84. The number of thiophene rings is 1. The first-order valence-electron chi connectivity index (χ1n) is 6.91. The highest BCUT2D eigenvalue weighted by atomic mass is 32.1. The molecular weight excluding hydrogens is 244 g/mol. The molecule has 1 saturated carbocycles. The number of rotatable bonds is 4. The molecule has 100 valence electrons. The summed E-state index contributed by atoms with van der Waals surface area (Å²) in [6, 6.07) is 4.54. The van der Waals surface area contributed by atoms with Gasteiger partial charge in [-0.2, -0.15) is 0 Å². The highest BCUT2D eigenvalue weighted by Gasteiger charge is 2.13. The predicted molar refractivity (Wildman–Crippen MR) is 76.0 cm³/mol. The van der Waals surface area contributed by atoms with Gasteiger partial charge in [-0.25, -0.2) is 4.79 Å². The van der Waals surface area contributed by atoms with Crippen LogP contribution in [0.1, 0.15) is 43.4 Å². The molecule has 18 heavy (non-hydrogen) atoms. The molecule has 0 aliphatic heterocycles. The third-order valence-corrected chi connectivity index (χ3v) is 4.36. The van der Waals surface area contributed by atoms with Crippen LogP contribution in [0.15, 0.2) is 17.5 Å². The maximum atomic E-state index is 11.7. The Morgan fingerprint density at radius 3 is 2.72 bits per heavy atom. The van der Waals surface area contributed by atoms with E-state index in [9.17, 15) is 4.79 Å². The largest absolute Gasteiger partial charge is 0.338 e. The molecule has 4 heteroatoms. The van der Waals surface area contributed by atoms with Gasteiger partial charge in [-0.15, -0.1) is 11.3 Å². The van der Waals surface area contributed by atoms with Crippen molar-refractivity contribution in [3.8, 4) is 0 Å². The zero-order valence-electron chi connectivity index (χ0n) is 10.8. The van der Waals surface area contributed by atoms with E-state index in [0.29, 0.717) is 6.04 Å². The van der Waals surface area contributed by atoms with Gasteiger partial charge in [0.25, 0.3) is 0 Å². The molecule has 1 heterocycles. The third kappa shape index (κ3) is 4.69. The first kappa shape index (κ1) is 13.4. The Labute approximate surface area is 113 Å². The van der Waals surface area contributed by atoms with E-state index in [2.05, 4.69) is 22.1 Å². The van der Waals surface area contributed by atoms with Crippen molar-refractivity contribution in [1.29, 1.82) is 0 Å². The molecule has 2 amide bonds. The van der Waals surface area contributed by atoms with E-state index >= 15 is 0 Å². The van der Waals surface area contributed by atoms with Crippen LogP contribution in [0.3, 0.4) is 0 Å². The molecule has 0 bridgehead atoms. The van der Waals surface area contributed by atoms with E-state index in [0.717, 1.165) is 25.8 Å². The number of hydrogen-bond acceptors (Lipinski definition) is 2. The van der Waals surface area contributed by atoms with Crippen LogP contribution in [0.4, 0.5) is 4.79 Å². The third-order valence-electron chi connectivity index (χ3n) is 3.43. The molecule has 2 rings (SSSR count). The molecule has 0 unspecified atom stereocenters. The second-order valence-corrected chi connectivity index (χ2v) is 5.95. The predicted octanol–water partition coefficient (Wildman–Crippen LogP) is 3.31. The van der Waals surface area contributed by atoms with Gasteiger partial charge in [-0.05, 0) is 30.7 Å². The van der Waals surface area contributed by atoms with Gasteiger partial charge in [0.2, 0.25) is 0 Å². The summed E-state index contributed by atoms with van der Waals surface area (Å²) in [5, 5.41) is 8.11. The number of carbonyl (C=O) groups is 1. The van der Waals surface area contributed by atoms with Crippen molar-refractivity contribution in [1.82, 2.24) is 10.6 Å². The summed E-state index contributed by atoms with van der Waals surface area (Å²) in [6.07, 6.45) is 8.34. The summed E-state index contributed by atoms with van der Waals surface area (Å²) in [4.78, 5) is 13.1. The quantitative estimate of drug-likeness (QED) is 0.807. The topological polar surface area (TPSA) is 41.1 Å². The molecular formula is C14H22N2OS. The molecule has 1 aromatic rings. The van der Waals surface area contributed by atoms with E-state index in [1.807, 2.05) is 6.07 Å². The van der Waals surface area contributed by atoms with Crippen LogP contribution < -0.4 is 10.6 Å². The van der Waals surface area contributed by atoms with E-state index < -0.39 is 0 Å². The summed E-state index contributed by atoms with van der Waals surface area (Å²) < 4.78 is 0. The minimum Gasteiger partial charge on any atom is -0.338 e. The molecule has 1 aromatic heterocycles. The van der Waals surface area contributed by atoms with Crippen LogP contribution in [-0.4, -0.2) is 18.6 Å². The standard InChI is InChI=1S/C14H22N2OS/c17-14(15-10-9-13-8-5-11-18-13)16-12-6-3-1-2-4-7-12/h5,8,11-12H,1-4,6-7,9-10H2,(H2,15,16,17). The zero-order valence-corrected chi connectivity index (χ0v) is 11.6. The number of carbonyl (C=O) groups excluding carboxylic acids is 1. The minimum atomic E-state index is -0.00143. The Hall–Kier alpha value is -1.03. The number of urea groups is 1. The summed E-state index contributed by atoms with van der Waals surface area (Å²) in [5.41, 5.74) is 0. The lowest BCUT2D eigenvalue weighted by atomic mass is 10.1. The molecule has 0 aromatic carbocycles. The SMILES string of the molecule is O=C(NCCc1cccs1)NC1CCCCCC1. The highest BCUT2D eigenvalue weighted by molar-refractivity contribution is 7.09. The molecule has 2 N–H and O–H groups in total. The Balaban J connectivity index is 1.62. The van der Waals surface area contributed by atoms with Gasteiger partial charge in [0.1, 0.15) is 0 Å². The summed E-state index contributed by atoms with van der Waals surface area (Å²) >= 11 is 1.74. The molecule has 0 spiro atoms. The maximum absolute atomic E-state index is 11.7. The monoisotopic (exact) mass is 266 g/mol. The summed E-state index contributed by atoms with van der Waals surface area (Å²) in [6.45, 7) is 0.721. The minimum absolute atomic E-state index is 0.00143. The fourth-order valence-corrected chi connectivity index (χ4v) is 3.12. The van der Waals surface area contributed by atoms with Gasteiger partial charge >= 0.3 is 6.03 Å². The maximum Gasteiger partial charge on any atom is 0.315 e. The van der Waals surface area contributed by atoms with Gasteiger partial charge in [-0.3, -0.25) is 0 Å². The molecule has 0 atom stereocenters. The average Bonchev–Trinajstić information content (AvgIpc) is 2.74. The molecule has 0 saturated heterocycles. The molecule has 1 fully saturated rings. The fourth-order valence-electron chi connectivity index (χ4n) is 2.41. The van der Waals surface area contributed by atoms with Crippen molar-refractivity contribution in [2.45, 2.75) is 51.0 Å². The zero-order chi connectivity index (χ0) is 12.6. The van der Waals surface area contributed by atoms with Gasteiger partial charge in [0, 0.05) is 17.5 Å². The fraction of sp³-hybridized carbons (Fsp3) is 0.643. The summed E-state index contributed by atoms with van der Waals surface area (Å²) in [5.74, 6) is 0. The number of nitrogens with one attached hydrogen (secondary N) is 2. The van der Waals surface area contributed by atoms with Crippen molar-refractivity contribution >= 4 is 17.4 Å².